The summed E-state index contributed by atoms with van der Waals surface area (Å²) < 4.78 is 23.9. The Bertz CT molecular complexity index is 496. The van der Waals surface area contributed by atoms with E-state index in [0.717, 1.165) is 0 Å². The van der Waals surface area contributed by atoms with Crippen molar-refractivity contribution in [1.29, 1.82) is 0 Å². The summed E-state index contributed by atoms with van der Waals surface area (Å²) in [5, 5.41) is 11.0. The van der Waals surface area contributed by atoms with Crippen molar-refractivity contribution in [3.05, 3.63) is 0 Å². The molecule has 0 amide bonds. The van der Waals surface area contributed by atoms with Gasteiger partial charge in [-0.15, -0.1) is 0 Å². The van der Waals surface area contributed by atoms with E-state index < -0.39 is 35.5 Å². The lowest BCUT2D eigenvalue weighted by Gasteiger charge is -2.51. The van der Waals surface area contributed by atoms with Crippen LogP contribution in [0.5, 0.6) is 0 Å². The molecule has 23 heavy (non-hydrogen) atoms. The Morgan fingerprint density at radius 3 is 2.57 bits per heavy atom. The first kappa shape index (κ1) is 17.3. The number of fused-ring (bicyclic) bond motifs is 3. The Hall–Kier alpha value is -0.530. The molecule has 0 bridgehead atoms. The van der Waals surface area contributed by atoms with E-state index in [2.05, 4.69) is 0 Å². The van der Waals surface area contributed by atoms with E-state index in [-0.39, 0.29) is 17.6 Å². The number of hydrogen-bond acceptors (Lipinski definition) is 6. The second-order valence-electron chi connectivity index (χ2n) is 7.87. The SMILES string of the molecule is CCO[C@H]1C[C@@H]2C(=O)[C@H](C)[C@@H]3OC(C)(C)O[C@]3(C(C)(C)O)[C@@H]2O1. The van der Waals surface area contributed by atoms with E-state index in [1.54, 1.807) is 27.7 Å². The third-order valence-electron chi connectivity index (χ3n) is 5.36. The molecule has 1 N–H and O–H groups in total. The number of ketones is 1. The maximum atomic E-state index is 12.8. The predicted octanol–water partition coefficient (Wildman–Crippen LogP) is 1.63. The molecule has 0 aromatic heterocycles. The van der Waals surface area contributed by atoms with Crippen LogP contribution < -0.4 is 0 Å². The number of carbonyl (C=O) groups is 1. The number of ether oxygens (including phenoxy) is 4. The quantitative estimate of drug-likeness (QED) is 0.849. The predicted molar refractivity (Wildman–Crippen MR) is 81.6 cm³/mol. The lowest BCUT2D eigenvalue weighted by molar-refractivity contribution is -0.267. The highest BCUT2D eigenvalue weighted by atomic mass is 16.8. The Morgan fingerprint density at radius 1 is 1.35 bits per heavy atom. The molecule has 3 rings (SSSR count). The van der Waals surface area contributed by atoms with Gasteiger partial charge >= 0.3 is 0 Å². The average Bonchev–Trinajstić information content (AvgIpc) is 2.95. The number of aliphatic hydroxyl groups is 1. The first-order valence-corrected chi connectivity index (χ1v) is 8.44. The normalized spacial score (nSPS) is 45.9. The van der Waals surface area contributed by atoms with Crippen LogP contribution in [-0.4, -0.2) is 53.0 Å². The molecule has 3 fully saturated rings. The summed E-state index contributed by atoms with van der Waals surface area (Å²) in [6.45, 7) is 11.3. The molecule has 0 unspecified atom stereocenters. The van der Waals surface area contributed by atoms with E-state index in [1.807, 2.05) is 13.8 Å². The summed E-state index contributed by atoms with van der Waals surface area (Å²) >= 11 is 0. The molecular weight excluding hydrogens is 300 g/mol. The van der Waals surface area contributed by atoms with E-state index in [4.69, 9.17) is 18.9 Å². The molecule has 0 aromatic carbocycles. The molecule has 0 spiro atoms. The van der Waals surface area contributed by atoms with Gasteiger partial charge in [-0.2, -0.15) is 0 Å². The van der Waals surface area contributed by atoms with E-state index in [1.165, 1.54) is 0 Å². The second kappa shape index (κ2) is 5.23. The van der Waals surface area contributed by atoms with Crippen molar-refractivity contribution >= 4 is 5.78 Å². The maximum Gasteiger partial charge on any atom is 0.164 e. The highest BCUT2D eigenvalue weighted by molar-refractivity contribution is 5.86. The number of rotatable bonds is 3. The van der Waals surface area contributed by atoms with Crippen molar-refractivity contribution in [3.63, 3.8) is 0 Å². The van der Waals surface area contributed by atoms with Crippen LogP contribution >= 0.6 is 0 Å². The van der Waals surface area contributed by atoms with Crippen LogP contribution in [-0.2, 0) is 23.7 Å². The van der Waals surface area contributed by atoms with Crippen LogP contribution in [0.4, 0.5) is 0 Å². The zero-order valence-electron chi connectivity index (χ0n) is 14.8. The Labute approximate surface area is 137 Å². The molecule has 132 valence electrons. The smallest absolute Gasteiger partial charge is 0.164 e. The minimum absolute atomic E-state index is 0.100. The molecule has 6 nitrogen and oxygen atoms in total. The summed E-state index contributed by atoms with van der Waals surface area (Å²) in [6, 6.07) is 0. The molecule has 2 heterocycles. The summed E-state index contributed by atoms with van der Waals surface area (Å²) in [6.07, 6.45) is -1.08. The van der Waals surface area contributed by atoms with Crippen molar-refractivity contribution in [2.24, 2.45) is 11.8 Å². The molecule has 1 aliphatic carbocycles. The van der Waals surface area contributed by atoms with Gasteiger partial charge in [-0.1, -0.05) is 6.92 Å². The summed E-state index contributed by atoms with van der Waals surface area (Å²) in [4.78, 5) is 12.8. The molecule has 3 aliphatic rings. The van der Waals surface area contributed by atoms with Crippen molar-refractivity contribution in [3.8, 4) is 0 Å². The Kier molecular flexibility index (Phi) is 3.93. The molecule has 6 atom stereocenters. The summed E-state index contributed by atoms with van der Waals surface area (Å²) in [5.41, 5.74) is -2.33. The van der Waals surface area contributed by atoms with Gasteiger partial charge in [0.25, 0.3) is 0 Å². The van der Waals surface area contributed by atoms with E-state index in [9.17, 15) is 9.90 Å². The number of hydrogen-bond donors (Lipinski definition) is 1. The summed E-state index contributed by atoms with van der Waals surface area (Å²) in [5.74, 6) is -1.50. The molecule has 2 saturated heterocycles. The molecule has 0 aromatic rings. The monoisotopic (exact) mass is 328 g/mol. The first-order valence-electron chi connectivity index (χ1n) is 8.44. The van der Waals surface area contributed by atoms with Gasteiger partial charge in [0.15, 0.2) is 17.7 Å². The van der Waals surface area contributed by atoms with Crippen LogP contribution in [0.15, 0.2) is 0 Å². The van der Waals surface area contributed by atoms with Gasteiger partial charge in [-0.3, -0.25) is 4.79 Å². The average molecular weight is 328 g/mol. The first-order chi connectivity index (χ1) is 10.5. The lowest BCUT2D eigenvalue weighted by Crippen LogP contribution is -2.71. The van der Waals surface area contributed by atoms with Gasteiger partial charge in [0.1, 0.15) is 18.0 Å². The van der Waals surface area contributed by atoms with Crippen molar-refractivity contribution in [2.45, 2.75) is 83.5 Å². The van der Waals surface area contributed by atoms with E-state index in [0.29, 0.717) is 13.0 Å². The highest BCUT2D eigenvalue weighted by Crippen LogP contribution is 2.56. The van der Waals surface area contributed by atoms with Crippen LogP contribution in [0.25, 0.3) is 0 Å². The maximum absolute atomic E-state index is 12.8. The van der Waals surface area contributed by atoms with Gasteiger partial charge in [-0.05, 0) is 34.6 Å². The Morgan fingerprint density at radius 2 is 2.00 bits per heavy atom. The van der Waals surface area contributed by atoms with Gasteiger partial charge < -0.3 is 24.1 Å². The van der Waals surface area contributed by atoms with Crippen molar-refractivity contribution in [1.82, 2.24) is 0 Å². The minimum Gasteiger partial charge on any atom is -0.387 e. The van der Waals surface area contributed by atoms with Crippen LogP contribution in [0.1, 0.15) is 48.0 Å². The number of carbonyl (C=O) groups excluding carboxylic acids is 1. The fraction of sp³-hybridized carbons (Fsp3) is 0.941. The zero-order chi connectivity index (χ0) is 17.2. The standard InChI is InChI=1S/C17H28O6/c1-7-20-11-8-10-12(18)9(2)13-17(14(10)21-11,15(3,4)19)23-16(5,6)22-13/h9-11,13-14,19H,7-8H2,1-6H3/t9-,10+,11+,13-,14+,17-/m0/s1. The second-order valence-corrected chi connectivity index (χ2v) is 7.87. The van der Waals surface area contributed by atoms with Crippen molar-refractivity contribution in [2.75, 3.05) is 6.61 Å². The molecule has 6 heteroatoms. The van der Waals surface area contributed by atoms with Crippen LogP contribution in [0, 0.1) is 11.8 Å². The molecule has 2 aliphatic heterocycles. The minimum atomic E-state index is -1.23. The fourth-order valence-corrected chi connectivity index (χ4v) is 4.49. The topological polar surface area (TPSA) is 74.2 Å². The molecule has 1 saturated carbocycles. The molecular formula is C17H28O6. The fourth-order valence-electron chi connectivity index (χ4n) is 4.49. The Balaban J connectivity index is 2.07. The third-order valence-corrected chi connectivity index (χ3v) is 5.36. The highest BCUT2D eigenvalue weighted by Gasteiger charge is 2.73. The van der Waals surface area contributed by atoms with Gasteiger partial charge in [0, 0.05) is 18.9 Å². The largest absolute Gasteiger partial charge is 0.387 e. The van der Waals surface area contributed by atoms with Crippen molar-refractivity contribution < 1.29 is 28.8 Å². The van der Waals surface area contributed by atoms with Gasteiger partial charge in [0.05, 0.1) is 11.5 Å². The third kappa shape index (κ3) is 2.38. The van der Waals surface area contributed by atoms with Gasteiger partial charge in [0.2, 0.25) is 0 Å². The van der Waals surface area contributed by atoms with Gasteiger partial charge in [-0.25, -0.2) is 0 Å². The lowest BCUT2D eigenvalue weighted by atomic mass is 9.62. The molecule has 0 radical (unpaired) electrons. The summed E-state index contributed by atoms with van der Waals surface area (Å²) in [7, 11) is 0. The van der Waals surface area contributed by atoms with E-state index >= 15 is 0 Å². The van der Waals surface area contributed by atoms with Crippen LogP contribution in [0.2, 0.25) is 0 Å². The number of Topliss-reactive ketones (excluding diaryl/α,β-unsaturated/α-hetero) is 1. The van der Waals surface area contributed by atoms with Crippen LogP contribution in [0.3, 0.4) is 0 Å². The zero-order valence-corrected chi connectivity index (χ0v) is 14.8.